The number of aliphatic hydroxyl groups is 1. The fraction of sp³-hybridized carbons (Fsp3) is 0.154. The summed E-state index contributed by atoms with van der Waals surface area (Å²) in [4.78, 5) is 3.79. The van der Waals surface area contributed by atoms with E-state index in [1.54, 1.807) is 18.2 Å². The predicted octanol–water partition coefficient (Wildman–Crippen LogP) is 0.882. The van der Waals surface area contributed by atoms with Crippen molar-refractivity contribution >= 4 is 16.3 Å². The molecule has 1 aromatic rings. The van der Waals surface area contributed by atoms with Crippen molar-refractivity contribution in [2.75, 3.05) is 0 Å². The quantitative estimate of drug-likeness (QED) is 0.567. The lowest BCUT2D eigenvalue weighted by atomic mass is 10.0. The second kappa shape index (κ2) is 5.20. The van der Waals surface area contributed by atoms with Gasteiger partial charge in [-0.05, 0) is 18.2 Å². The lowest BCUT2D eigenvalue weighted by molar-refractivity contribution is 0.104. The van der Waals surface area contributed by atoms with E-state index in [4.69, 9.17) is 4.55 Å². The molecule has 0 aromatic heterocycles. The number of aromatic hydroxyl groups is 1. The van der Waals surface area contributed by atoms with Crippen LogP contribution in [0.5, 0.6) is 5.75 Å². The predicted molar refractivity (Wildman–Crippen MR) is 74.3 cm³/mol. The van der Waals surface area contributed by atoms with Gasteiger partial charge in [0.25, 0.3) is 10.1 Å². The van der Waals surface area contributed by atoms with E-state index < -0.39 is 21.1 Å². The summed E-state index contributed by atoms with van der Waals surface area (Å²) in [7, 11) is -4.51. The van der Waals surface area contributed by atoms with Gasteiger partial charge in [0.05, 0.1) is 0 Å². The Morgan fingerprint density at radius 3 is 2.60 bits per heavy atom. The molecule has 0 saturated carbocycles. The number of hydrogen-bond donors (Lipinski definition) is 3. The molecular formula is C13H13NO5S. The molecule has 0 amide bonds. The van der Waals surface area contributed by atoms with Crippen LogP contribution in [0.3, 0.4) is 0 Å². The zero-order chi connectivity index (χ0) is 14.8. The first-order valence-electron chi connectivity index (χ1n) is 5.71. The molecule has 20 heavy (non-hydrogen) atoms. The highest BCUT2D eigenvalue weighted by molar-refractivity contribution is 7.86. The Morgan fingerprint density at radius 2 is 1.95 bits per heavy atom. The van der Waals surface area contributed by atoms with Gasteiger partial charge in [0, 0.05) is 11.8 Å². The number of phenolic OH excluding ortho intramolecular Hbond substituents is 1. The van der Waals surface area contributed by atoms with Gasteiger partial charge in [-0.3, -0.25) is 9.55 Å². The minimum Gasteiger partial charge on any atom is -0.507 e. The summed E-state index contributed by atoms with van der Waals surface area (Å²) in [6, 6.07) is 6.25. The maximum Gasteiger partial charge on any atom is 0.276 e. The second-order valence-corrected chi connectivity index (χ2v) is 5.82. The Morgan fingerprint density at radius 1 is 1.25 bits per heavy atom. The normalized spacial score (nSPS) is 26.2. The standard InChI is InChI=1S/C13H13NO5S/c15-11-6-2-1-5-10(11)9-14-13(16)8-4-3-7-12(13)20(17,18)19/h1-9,12,15-16H,(H,17,18,19). The van der Waals surface area contributed by atoms with Gasteiger partial charge in [-0.2, -0.15) is 8.42 Å². The number of hydrogen-bond acceptors (Lipinski definition) is 5. The topological polar surface area (TPSA) is 107 Å². The average Bonchev–Trinajstić information content (AvgIpc) is 2.37. The second-order valence-electron chi connectivity index (χ2n) is 4.28. The molecule has 7 heteroatoms. The summed E-state index contributed by atoms with van der Waals surface area (Å²) in [5.74, 6) is -0.0569. The lowest BCUT2D eigenvalue weighted by Gasteiger charge is -2.27. The van der Waals surface area contributed by atoms with Crippen LogP contribution in [0.2, 0.25) is 0 Å². The molecule has 0 saturated heterocycles. The number of phenols is 1. The third-order valence-electron chi connectivity index (χ3n) is 2.83. The van der Waals surface area contributed by atoms with E-state index in [0.717, 1.165) is 18.4 Å². The molecule has 0 spiro atoms. The third-order valence-corrected chi connectivity index (χ3v) is 3.97. The van der Waals surface area contributed by atoms with Crippen LogP contribution in [-0.4, -0.2) is 40.4 Å². The average molecular weight is 295 g/mol. The first-order valence-corrected chi connectivity index (χ1v) is 7.21. The summed E-state index contributed by atoms with van der Waals surface area (Å²) >= 11 is 0. The first kappa shape index (κ1) is 14.4. The summed E-state index contributed by atoms with van der Waals surface area (Å²) in [5.41, 5.74) is -1.80. The van der Waals surface area contributed by atoms with Crippen molar-refractivity contribution in [1.82, 2.24) is 0 Å². The molecule has 0 fully saturated rings. The van der Waals surface area contributed by atoms with E-state index in [2.05, 4.69) is 4.99 Å². The van der Waals surface area contributed by atoms with Gasteiger partial charge >= 0.3 is 0 Å². The molecule has 0 radical (unpaired) electrons. The molecule has 0 heterocycles. The third kappa shape index (κ3) is 2.96. The monoisotopic (exact) mass is 295 g/mol. The van der Waals surface area contributed by atoms with Crippen LogP contribution >= 0.6 is 0 Å². The smallest absolute Gasteiger partial charge is 0.276 e. The van der Waals surface area contributed by atoms with Gasteiger partial charge in [0.2, 0.25) is 0 Å². The molecule has 2 atom stereocenters. The van der Waals surface area contributed by atoms with Gasteiger partial charge in [0.1, 0.15) is 5.75 Å². The van der Waals surface area contributed by atoms with Gasteiger partial charge < -0.3 is 10.2 Å². The Bertz CT molecular complexity index is 692. The number of para-hydroxylation sites is 1. The van der Waals surface area contributed by atoms with E-state index >= 15 is 0 Å². The van der Waals surface area contributed by atoms with Crippen molar-refractivity contribution in [1.29, 1.82) is 0 Å². The number of aliphatic imine (C=N–C) groups is 1. The van der Waals surface area contributed by atoms with Crippen LogP contribution in [0.25, 0.3) is 0 Å². The minimum absolute atomic E-state index is 0.0569. The fourth-order valence-corrected chi connectivity index (χ4v) is 2.67. The Kier molecular flexibility index (Phi) is 3.76. The van der Waals surface area contributed by atoms with Crippen LogP contribution in [0, 0.1) is 0 Å². The van der Waals surface area contributed by atoms with Crippen molar-refractivity contribution in [2.24, 2.45) is 4.99 Å². The van der Waals surface area contributed by atoms with E-state index in [-0.39, 0.29) is 5.75 Å². The molecular weight excluding hydrogens is 282 g/mol. The van der Waals surface area contributed by atoms with E-state index in [1.165, 1.54) is 18.2 Å². The summed E-state index contributed by atoms with van der Waals surface area (Å²) in [6.45, 7) is 0. The molecule has 3 N–H and O–H groups in total. The Labute approximate surface area is 116 Å². The van der Waals surface area contributed by atoms with Crippen LogP contribution in [0.1, 0.15) is 5.56 Å². The van der Waals surface area contributed by atoms with Crippen molar-refractivity contribution in [3.05, 3.63) is 54.1 Å². The minimum atomic E-state index is -4.51. The molecule has 1 aliphatic rings. The maximum atomic E-state index is 11.3. The van der Waals surface area contributed by atoms with E-state index in [1.807, 2.05) is 0 Å². The van der Waals surface area contributed by atoms with Crippen molar-refractivity contribution in [2.45, 2.75) is 11.0 Å². The van der Waals surface area contributed by atoms with E-state index in [9.17, 15) is 18.6 Å². The highest BCUT2D eigenvalue weighted by Gasteiger charge is 2.41. The molecule has 1 aliphatic carbocycles. The molecule has 2 unspecified atom stereocenters. The van der Waals surface area contributed by atoms with Gasteiger partial charge in [0.15, 0.2) is 11.0 Å². The van der Waals surface area contributed by atoms with Crippen molar-refractivity contribution in [3.63, 3.8) is 0 Å². The van der Waals surface area contributed by atoms with E-state index in [0.29, 0.717) is 5.56 Å². The number of allylic oxidation sites excluding steroid dienone is 2. The largest absolute Gasteiger partial charge is 0.507 e. The molecule has 106 valence electrons. The fourth-order valence-electron chi connectivity index (χ4n) is 1.80. The highest BCUT2D eigenvalue weighted by Crippen LogP contribution is 2.26. The van der Waals surface area contributed by atoms with Crippen LogP contribution < -0.4 is 0 Å². The Balaban J connectivity index is 2.37. The zero-order valence-electron chi connectivity index (χ0n) is 10.3. The molecule has 1 aromatic carbocycles. The van der Waals surface area contributed by atoms with Gasteiger partial charge in [-0.15, -0.1) is 0 Å². The SMILES string of the molecule is O=S(=O)(O)C1C=CC=CC1(O)N=Cc1ccccc1O. The van der Waals surface area contributed by atoms with Crippen molar-refractivity contribution < 1.29 is 23.2 Å². The molecule has 0 aliphatic heterocycles. The maximum absolute atomic E-state index is 11.3. The number of rotatable bonds is 3. The summed E-state index contributed by atoms with van der Waals surface area (Å²) in [6.07, 6.45) is 6.25. The first-order chi connectivity index (χ1) is 9.33. The van der Waals surface area contributed by atoms with Crippen LogP contribution in [0.15, 0.2) is 53.6 Å². The molecule has 2 rings (SSSR count). The summed E-state index contributed by atoms with van der Waals surface area (Å²) < 4.78 is 31.7. The van der Waals surface area contributed by atoms with Gasteiger partial charge in [-0.1, -0.05) is 30.4 Å². The highest BCUT2D eigenvalue weighted by atomic mass is 32.2. The molecule has 0 bridgehead atoms. The van der Waals surface area contributed by atoms with Crippen LogP contribution in [-0.2, 0) is 10.1 Å². The Hall–Kier alpha value is -1.96. The number of nitrogens with zero attached hydrogens (tertiary/aromatic N) is 1. The number of benzene rings is 1. The summed E-state index contributed by atoms with van der Waals surface area (Å²) in [5, 5.41) is 18.2. The van der Waals surface area contributed by atoms with Crippen LogP contribution in [0.4, 0.5) is 0 Å². The molecule has 6 nitrogen and oxygen atoms in total. The van der Waals surface area contributed by atoms with Gasteiger partial charge in [-0.25, -0.2) is 0 Å². The lowest BCUT2D eigenvalue weighted by Crippen LogP contribution is -2.43. The van der Waals surface area contributed by atoms with Crippen molar-refractivity contribution in [3.8, 4) is 5.75 Å². The zero-order valence-corrected chi connectivity index (χ0v) is 11.1.